The molecular weight excluding hydrogens is 1110 g/mol. The number of phenolic OH excluding ortho intramolecular Hbond substituents is 1. The van der Waals surface area contributed by atoms with Crippen molar-refractivity contribution in [1.82, 2.24) is 10.3 Å². The number of nitrogens with one attached hydrogen (secondary N) is 2. The van der Waals surface area contributed by atoms with Gasteiger partial charge in [0.15, 0.2) is 23.8 Å². The highest BCUT2D eigenvalue weighted by atomic mass is 33.1. The summed E-state index contributed by atoms with van der Waals surface area (Å²) in [5, 5.41) is 104. The van der Waals surface area contributed by atoms with Gasteiger partial charge in [-0.2, -0.15) is 0 Å². The fourth-order valence-corrected chi connectivity index (χ4v) is 22.9. The van der Waals surface area contributed by atoms with E-state index in [1.807, 2.05) is 19.2 Å². The van der Waals surface area contributed by atoms with Crippen LogP contribution in [-0.2, 0) is 19.1 Å². The zero-order valence-corrected chi connectivity index (χ0v) is 50.2. The summed E-state index contributed by atoms with van der Waals surface area (Å²) in [7, 11) is 3.05. The summed E-state index contributed by atoms with van der Waals surface area (Å²) in [6.07, 6.45) is 5.35. The highest BCUT2D eigenvalue weighted by Crippen LogP contribution is 2.77. The van der Waals surface area contributed by atoms with Crippen LogP contribution in [0.3, 0.4) is 0 Å². The number of hydrogen-bond donors (Lipinski definition) is 12. The molecule has 2 aliphatic heterocycles. The number of ether oxygens (including phenoxy) is 1. The van der Waals surface area contributed by atoms with Crippen LogP contribution in [-0.4, -0.2) is 136 Å². The minimum Gasteiger partial charge on any atom is -0.508 e. The van der Waals surface area contributed by atoms with Crippen molar-refractivity contribution in [2.45, 2.75) is 152 Å². The van der Waals surface area contributed by atoms with Crippen molar-refractivity contribution in [1.29, 1.82) is 0 Å². The predicted octanol–water partition coefficient (Wildman–Crippen LogP) is 5.42. The lowest BCUT2D eigenvalue weighted by molar-refractivity contribution is -0.232. The Bertz CT molecular complexity index is 2990. The van der Waals surface area contributed by atoms with Gasteiger partial charge >= 0.3 is 5.97 Å². The van der Waals surface area contributed by atoms with E-state index in [0.29, 0.717) is 55.1 Å². The number of aliphatic hydroxyl groups excluding tert-OH is 4. The van der Waals surface area contributed by atoms with Crippen LogP contribution in [0.25, 0.3) is 0 Å². The molecule has 1 aromatic carbocycles. The quantitative estimate of drug-likeness (QED) is 0.0327. The van der Waals surface area contributed by atoms with Gasteiger partial charge in [0, 0.05) is 90.1 Å². The third kappa shape index (κ3) is 9.99. The van der Waals surface area contributed by atoms with Crippen LogP contribution < -0.4 is 16.8 Å². The first kappa shape index (κ1) is 59.9. The zero-order valence-electron chi connectivity index (χ0n) is 48.5. The van der Waals surface area contributed by atoms with Gasteiger partial charge in [-0.15, -0.1) is 5.92 Å². The predicted molar refractivity (Wildman–Crippen MR) is 319 cm³/mol. The summed E-state index contributed by atoms with van der Waals surface area (Å²) in [5.41, 5.74) is 9.45. The number of phenols is 1. The molecule has 12 rings (SSSR count). The number of benzene rings is 1. The largest absolute Gasteiger partial charge is 0.508 e. The summed E-state index contributed by atoms with van der Waals surface area (Å²) >= 11 is 0. The van der Waals surface area contributed by atoms with E-state index in [2.05, 4.69) is 40.1 Å². The van der Waals surface area contributed by atoms with Gasteiger partial charge in [0.05, 0.1) is 54.3 Å². The first-order valence-electron chi connectivity index (χ1n) is 31.0. The summed E-state index contributed by atoms with van der Waals surface area (Å²) in [5.74, 6) is 0.183. The van der Waals surface area contributed by atoms with Crippen molar-refractivity contribution in [3.05, 3.63) is 76.8 Å². The van der Waals surface area contributed by atoms with Crippen molar-refractivity contribution in [2.24, 2.45) is 110 Å². The zero-order chi connectivity index (χ0) is 59.4. The van der Waals surface area contributed by atoms with E-state index < -0.39 is 99.9 Å². The fraction of sp³-hybridized carbons (Fsp3) is 0.692. The Kier molecular flexibility index (Phi) is 16.4. The first-order valence-corrected chi connectivity index (χ1v) is 33.5. The van der Waals surface area contributed by atoms with Crippen LogP contribution in [0.15, 0.2) is 70.6 Å². The fourth-order valence-electron chi connectivity index (χ4n) is 20.2. The Morgan fingerprint density at radius 3 is 2.40 bits per heavy atom. The number of aromatic amines is 1. The Balaban J connectivity index is 1.04. The molecule has 0 amide bonds. The minimum atomic E-state index is -2.06. The van der Waals surface area contributed by atoms with E-state index in [-0.39, 0.29) is 122 Å². The summed E-state index contributed by atoms with van der Waals surface area (Å²) in [6, 6.07) is 8.69. The van der Waals surface area contributed by atoms with Crippen LogP contribution in [0.4, 0.5) is 0 Å². The third-order valence-corrected chi connectivity index (χ3v) is 26.2. The standard InChI is InChI=1S/C65H87N5O12S2/c1-32-7-8-34-12-16-43-45(44(34)19-32)21-35(47-29-82-60(79)51(47)38-17-18-68-26-38)5-4-6-37-24-65(81)54-52(36-9-13-40(27-70-61(66)67)64(65,23-36)58(37)63(3,80)50(74)22-46(43)59(77)78)62(2)25-49(73)56(75)48-31-84-83-30-39(33-10-14-41(71)15-11-33)20-42(72)28-69-55(54)57(76)53(48)62/h10-12,14-15,17-18,26,32,35-37,39-40,43-53,56,58-59,68-69,71,73-75,77-78,80-81H,6-9,13,16,19-25,27-31H2,1-3H3,(H4,66,67,70). The van der Waals surface area contributed by atoms with E-state index in [1.165, 1.54) is 16.4 Å². The van der Waals surface area contributed by atoms with Gasteiger partial charge in [-0.1, -0.05) is 65.1 Å². The first-order chi connectivity index (χ1) is 40.1. The highest BCUT2D eigenvalue weighted by molar-refractivity contribution is 8.76. The summed E-state index contributed by atoms with van der Waals surface area (Å²) in [4.78, 5) is 52.5. The second-order valence-electron chi connectivity index (χ2n) is 28.0. The number of carbonyl (C=O) groups is 3. The number of nitrogens with zero attached hydrogens (tertiary/aromatic N) is 1. The molecule has 2 aromatic rings. The second kappa shape index (κ2) is 23.0. The van der Waals surface area contributed by atoms with Crippen molar-refractivity contribution >= 4 is 45.1 Å². The number of aromatic hydroxyl groups is 1. The van der Waals surface area contributed by atoms with Crippen molar-refractivity contribution < 1.29 is 60.0 Å². The van der Waals surface area contributed by atoms with Crippen LogP contribution in [0.1, 0.15) is 127 Å². The number of ketones is 2. The van der Waals surface area contributed by atoms with Crippen LogP contribution in [0.2, 0.25) is 0 Å². The van der Waals surface area contributed by atoms with Crippen LogP contribution >= 0.6 is 21.6 Å². The second-order valence-corrected chi connectivity index (χ2v) is 30.6. The molecule has 1 spiro atoms. The molecule has 23 unspecified atom stereocenters. The smallest absolute Gasteiger partial charge is 0.313 e. The number of Topliss-reactive ketones (excluding diaryl/α,β-unsaturated/α-hetero) is 2. The van der Waals surface area contributed by atoms with E-state index >= 15 is 4.79 Å². The lowest BCUT2D eigenvalue weighted by Crippen LogP contribution is -2.71. The number of esters is 1. The van der Waals surface area contributed by atoms with Gasteiger partial charge in [-0.25, -0.2) is 0 Å². The van der Waals surface area contributed by atoms with Gasteiger partial charge < -0.3 is 67.4 Å². The molecule has 14 N–H and O–H groups in total. The molecule has 84 heavy (non-hydrogen) atoms. The molecule has 0 radical (unpaired) electrons. The molecule has 17 nitrogen and oxygen atoms in total. The number of fused-ring (bicyclic) bond motifs is 10. The molecule has 23 atom stereocenters. The number of rotatable bonds is 6. The number of aliphatic imine (C=N–C) groups is 1. The number of H-pyrrole nitrogens is 1. The Hall–Kier alpha value is -4.36. The molecular formula is C65H87N5O12S2. The Morgan fingerprint density at radius 2 is 1.67 bits per heavy atom. The third-order valence-electron chi connectivity index (χ3n) is 23.6. The lowest BCUT2D eigenvalue weighted by Gasteiger charge is -2.68. The number of aliphatic hydroxyl groups is 7. The molecule has 8 aliphatic carbocycles. The van der Waals surface area contributed by atoms with E-state index in [1.54, 1.807) is 48.2 Å². The average molecular weight is 1190 g/mol. The summed E-state index contributed by atoms with van der Waals surface area (Å²) in [6.45, 7) is 5.82. The number of carbonyl (C=O) groups excluding carboxylic acids is 3. The molecule has 10 aliphatic rings. The maximum Gasteiger partial charge on any atom is 0.313 e. The highest BCUT2D eigenvalue weighted by Gasteiger charge is 2.79. The molecule has 1 aromatic heterocycles. The van der Waals surface area contributed by atoms with Crippen molar-refractivity contribution in [2.75, 3.05) is 31.2 Å². The van der Waals surface area contributed by atoms with Gasteiger partial charge in [0.25, 0.3) is 0 Å². The number of cyclic esters (lactones) is 1. The molecule has 19 heteroatoms. The summed E-state index contributed by atoms with van der Waals surface area (Å²) < 4.78 is 5.94. The number of nitrogens with two attached hydrogens (primary N) is 2. The molecule has 456 valence electrons. The van der Waals surface area contributed by atoms with Crippen LogP contribution in [0, 0.1) is 106 Å². The normalized spacial score (nSPS) is 45.0. The van der Waals surface area contributed by atoms with E-state index in [0.717, 1.165) is 30.4 Å². The molecule has 4 bridgehead atoms. The van der Waals surface area contributed by atoms with Crippen LogP contribution in [0.5, 0.6) is 5.75 Å². The van der Waals surface area contributed by atoms with E-state index in [4.69, 9.17) is 16.2 Å². The number of hydrogen-bond acceptors (Lipinski definition) is 16. The van der Waals surface area contributed by atoms with Gasteiger partial charge in [-0.3, -0.25) is 19.4 Å². The van der Waals surface area contributed by atoms with Crippen molar-refractivity contribution in [3.8, 4) is 17.6 Å². The maximum absolute atomic E-state index is 16.2. The Morgan fingerprint density at radius 1 is 0.893 bits per heavy atom. The number of aromatic nitrogens is 1. The maximum atomic E-state index is 16.2. The molecule has 2 saturated heterocycles. The Labute approximate surface area is 500 Å². The lowest BCUT2D eigenvalue weighted by atomic mass is 9.37. The molecule has 3 heterocycles. The monoisotopic (exact) mass is 1190 g/mol. The topological polar surface area (TPSA) is 314 Å². The van der Waals surface area contributed by atoms with E-state index in [9.17, 15) is 50.4 Å². The van der Waals surface area contributed by atoms with Gasteiger partial charge in [0.1, 0.15) is 5.75 Å². The van der Waals surface area contributed by atoms with Gasteiger partial charge in [0.2, 0.25) is 0 Å². The SMILES string of the molecule is CC1CCC2=CCC3C(C(O)O)CC(O)C(C)(O)C4C(CC#CC(C5COC(=O)C5c5cc[nH]c5)CC3C2C1)CC1(O)C2=C3NCC(=O)CC(c5ccc(O)cc5)CSSCC5C(O)C(O)CC(C)(C2C2CCC(CN=C(N)N)C41C2)C5C3=O. The average Bonchev–Trinajstić information content (AvgIpc) is 1.30. The number of guanidine groups is 1. The molecule has 5 saturated carbocycles. The molecule has 7 fully saturated rings. The number of allylic oxidation sites excluding steroid dienone is 3. The van der Waals surface area contributed by atoms with Gasteiger partial charge in [-0.05, 0) is 165 Å². The van der Waals surface area contributed by atoms with Crippen molar-refractivity contribution in [3.63, 3.8) is 0 Å². The minimum absolute atomic E-state index is 0.0323.